The molecule has 64 valence electrons. The third-order valence-electron chi connectivity index (χ3n) is 1.15. The van der Waals surface area contributed by atoms with Crippen molar-refractivity contribution in [2.24, 2.45) is 0 Å². The zero-order valence-corrected chi connectivity index (χ0v) is 7.69. The smallest absolute Gasteiger partial charge is 0.330 e. The fraction of sp³-hybridized carbons (Fsp3) is 0.571. The van der Waals surface area contributed by atoms with Gasteiger partial charge in [-0.05, 0) is 13.3 Å². The molecule has 0 saturated carbocycles. The number of rotatable bonds is 4. The van der Waals surface area contributed by atoms with Crippen LogP contribution in [0.5, 0.6) is 0 Å². The van der Waals surface area contributed by atoms with Gasteiger partial charge in [-0.2, -0.15) is 0 Å². The van der Waals surface area contributed by atoms with Crippen molar-refractivity contribution in [1.82, 2.24) is 0 Å². The average Bonchev–Trinajstić information content (AvgIpc) is 1.87. The lowest BCUT2D eigenvalue weighted by Crippen LogP contribution is -2.01. The van der Waals surface area contributed by atoms with Crippen molar-refractivity contribution in [2.45, 2.75) is 18.7 Å². The van der Waals surface area contributed by atoms with E-state index in [1.54, 1.807) is 0 Å². The minimum Gasteiger partial charge on any atom is -0.478 e. The molecule has 0 radical (unpaired) electrons. The van der Waals surface area contributed by atoms with Crippen molar-refractivity contribution < 1.29 is 9.90 Å². The van der Waals surface area contributed by atoms with Gasteiger partial charge in [0.15, 0.2) is 0 Å². The van der Waals surface area contributed by atoms with Crippen LogP contribution in [0.3, 0.4) is 0 Å². The van der Waals surface area contributed by atoms with Crippen molar-refractivity contribution in [3.8, 4) is 0 Å². The molecule has 0 aliphatic carbocycles. The van der Waals surface area contributed by atoms with Gasteiger partial charge in [0, 0.05) is 11.5 Å². The first kappa shape index (κ1) is 10.8. The van der Waals surface area contributed by atoms with Crippen LogP contribution in [0.15, 0.2) is 11.6 Å². The SMILES string of the molecule is CC(=CC(Cl)CCCl)C(=O)O. The topological polar surface area (TPSA) is 37.3 Å². The monoisotopic (exact) mass is 196 g/mol. The molecule has 0 aromatic rings. The highest BCUT2D eigenvalue weighted by atomic mass is 35.5. The Hall–Kier alpha value is -0.210. The lowest BCUT2D eigenvalue weighted by atomic mass is 10.2. The Kier molecular flexibility index (Phi) is 5.34. The zero-order chi connectivity index (χ0) is 8.85. The van der Waals surface area contributed by atoms with Crippen LogP contribution in [0.4, 0.5) is 0 Å². The third-order valence-corrected chi connectivity index (χ3v) is 1.72. The summed E-state index contributed by atoms with van der Waals surface area (Å²) in [6, 6.07) is 0. The molecular formula is C7H10Cl2O2. The molecule has 2 nitrogen and oxygen atoms in total. The molecule has 0 spiro atoms. The summed E-state index contributed by atoms with van der Waals surface area (Å²) < 4.78 is 0. The lowest BCUT2D eigenvalue weighted by Gasteiger charge is -2.00. The fourth-order valence-corrected chi connectivity index (χ4v) is 1.18. The van der Waals surface area contributed by atoms with Gasteiger partial charge >= 0.3 is 5.97 Å². The molecule has 0 saturated heterocycles. The summed E-state index contributed by atoms with van der Waals surface area (Å²) >= 11 is 11.1. The van der Waals surface area contributed by atoms with E-state index in [1.807, 2.05) is 0 Å². The molecule has 0 aromatic carbocycles. The molecular weight excluding hydrogens is 187 g/mol. The molecule has 0 aliphatic rings. The van der Waals surface area contributed by atoms with Crippen LogP contribution in [0.25, 0.3) is 0 Å². The first-order valence-corrected chi connectivity index (χ1v) is 4.16. The van der Waals surface area contributed by atoms with Gasteiger partial charge in [0.1, 0.15) is 0 Å². The molecule has 1 unspecified atom stereocenters. The molecule has 0 aliphatic heterocycles. The van der Waals surface area contributed by atoms with E-state index < -0.39 is 5.97 Å². The van der Waals surface area contributed by atoms with E-state index in [-0.39, 0.29) is 11.0 Å². The maximum absolute atomic E-state index is 10.3. The highest BCUT2D eigenvalue weighted by Crippen LogP contribution is 2.08. The van der Waals surface area contributed by atoms with Crippen LogP contribution in [0, 0.1) is 0 Å². The molecule has 0 rings (SSSR count). The summed E-state index contributed by atoms with van der Waals surface area (Å²) in [5.74, 6) is -0.498. The van der Waals surface area contributed by atoms with Crippen molar-refractivity contribution >= 4 is 29.2 Å². The van der Waals surface area contributed by atoms with Crippen LogP contribution in [-0.4, -0.2) is 22.3 Å². The van der Waals surface area contributed by atoms with Crippen LogP contribution in [0.2, 0.25) is 0 Å². The van der Waals surface area contributed by atoms with Crippen LogP contribution in [0.1, 0.15) is 13.3 Å². The maximum atomic E-state index is 10.3. The molecule has 1 atom stereocenters. The second-order valence-electron chi connectivity index (χ2n) is 2.15. The Morgan fingerprint density at radius 3 is 2.64 bits per heavy atom. The number of carboxylic acids is 1. The average molecular weight is 197 g/mol. The summed E-state index contributed by atoms with van der Waals surface area (Å²) in [4.78, 5) is 10.3. The Labute approximate surface area is 75.8 Å². The second kappa shape index (κ2) is 5.44. The van der Waals surface area contributed by atoms with E-state index in [1.165, 1.54) is 13.0 Å². The number of halogens is 2. The first-order chi connectivity index (χ1) is 5.07. The third kappa shape index (κ3) is 5.10. The Balaban J connectivity index is 3.96. The summed E-state index contributed by atoms with van der Waals surface area (Å²) in [6.45, 7) is 1.51. The normalized spacial score (nSPS) is 14.6. The molecule has 0 amide bonds. The minimum absolute atomic E-state index is 0.259. The molecule has 11 heavy (non-hydrogen) atoms. The van der Waals surface area contributed by atoms with Crippen LogP contribution in [-0.2, 0) is 4.79 Å². The number of hydrogen-bond acceptors (Lipinski definition) is 1. The number of alkyl halides is 2. The van der Waals surface area contributed by atoms with Crippen molar-refractivity contribution in [3.63, 3.8) is 0 Å². The molecule has 0 aromatic heterocycles. The van der Waals surface area contributed by atoms with Crippen molar-refractivity contribution in [2.75, 3.05) is 5.88 Å². The van der Waals surface area contributed by atoms with Gasteiger partial charge < -0.3 is 5.11 Å². The van der Waals surface area contributed by atoms with Crippen molar-refractivity contribution in [3.05, 3.63) is 11.6 Å². The Morgan fingerprint density at radius 2 is 2.27 bits per heavy atom. The van der Waals surface area contributed by atoms with Gasteiger partial charge in [-0.3, -0.25) is 0 Å². The van der Waals surface area contributed by atoms with E-state index in [0.29, 0.717) is 12.3 Å². The molecule has 0 fully saturated rings. The number of carbonyl (C=O) groups is 1. The van der Waals surface area contributed by atoms with Gasteiger partial charge in [0.25, 0.3) is 0 Å². The quantitative estimate of drug-likeness (QED) is 0.554. The Bertz CT molecular complexity index is 166. The number of allylic oxidation sites excluding steroid dienone is 1. The largest absolute Gasteiger partial charge is 0.478 e. The molecule has 0 heterocycles. The number of aliphatic carboxylic acids is 1. The second-order valence-corrected chi connectivity index (χ2v) is 3.09. The minimum atomic E-state index is -0.940. The van der Waals surface area contributed by atoms with Gasteiger partial charge in [-0.25, -0.2) is 4.79 Å². The highest BCUT2D eigenvalue weighted by molar-refractivity contribution is 6.23. The lowest BCUT2D eigenvalue weighted by molar-refractivity contribution is -0.132. The molecule has 1 N–H and O–H groups in total. The van der Waals surface area contributed by atoms with E-state index in [2.05, 4.69) is 0 Å². The van der Waals surface area contributed by atoms with E-state index in [0.717, 1.165) is 0 Å². The van der Waals surface area contributed by atoms with E-state index in [9.17, 15) is 4.79 Å². The molecule has 4 heteroatoms. The standard InChI is InChI=1S/C7H10Cl2O2/c1-5(7(10)11)4-6(9)2-3-8/h4,6H,2-3H2,1H3,(H,10,11). The van der Waals surface area contributed by atoms with Crippen LogP contribution >= 0.6 is 23.2 Å². The zero-order valence-electron chi connectivity index (χ0n) is 6.18. The fourth-order valence-electron chi connectivity index (χ4n) is 0.530. The summed E-state index contributed by atoms with van der Waals surface area (Å²) in [6.07, 6.45) is 2.08. The predicted octanol–water partition coefficient (Wildman–Crippen LogP) is 2.25. The maximum Gasteiger partial charge on any atom is 0.330 e. The first-order valence-electron chi connectivity index (χ1n) is 3.19. The van der Waals surface area contributed by atoms with Gasteiger partial charge in [-0.1, -0.05) is 6.08 Å². The van der Waals surface area contributed by atoms with E-state index >= 15 is 0 Å². The van der Waals surface area contributed by atoms with E-state index in [4.69, 9.17) is 28.3 Å². The van der Waals surface area contributed by atoms with Gasteiger partial charge in [-0.15, -0.1) is 23.2 Å². The molecule has 0 bridgehead atoms. The highest BCUT2D eigenvalue weighted by Gasteiger charge is 2.04. The van der Waals surface area contributed by atoms with Gasteiger partial charge in [0.05, 0.1) is 5.38 Å². The summed E-state index contributed by atoms with van der Waals surface area (Å²) in [5.41, 5.74) is 0.259. The van der Waals surface area contributed by atoms with Crippen LogP contribution < -0.4 is 0 Å². The number of hydrogen-bond donors (Lipinski definition) is 1. The number of carboxylic acid groups (broad SMARTS) is 1. The summed E-state index contributed by atoms with van der Waals surface area (Å²) in [5, 5.41) is 8.16. The Morgan fingerprint density at radius 1 is 1.73 bits per heavy atom. The summed E-state index contributed by atoms with van der Waals surface area (Å²) in [7, 11) is 0. The van der Waals surface area contributed by atoms with Gasteiger partial charge in [0.2, 0.25) is 0 Å². The predicted molar refractivity (Wildman–Crippen MR) is 46.4 cm³/mol. The van der Waals surface area contributed by atoms with Crippen molar-refractivity contribution in [1.29, 1.82) is 0 Å².